The molecule has 3 nitrogen and oxygen atoms in total. The van der Waals surface area contributed by atoms with Gasteiger partial charge in [-0.3, -0.25) is 4.79 Å². The van der Waals surface area contributed by atoms with Crippen molar-refractivity contribution in [1.82, 2.24) is 10.3 Å². The lowest BCUT2D eigenvalue weighted by molar-refractivity contribution is -0.119. The molecule has 23 heavy (non-hydrogen) atoms. The number of rotatable bonds is 7. The number of amides is 1. The number of aromatic nitrogens is 1. The third-order valence-electron chi connectivity index (χ3n) is 3.72. The van der Waals surface area contributed by atoms with Gasteiger partial charge in [-0.25, -0.2) is 4.98 Å². The molecule has 0 saturated carbocycles. The van der Waals surface area contributed by atoms with Crippen molar-refractivity contribution >= 4 is 29.0 Å². The number of hydrogen-bond acceptors (Lipinski definition) is 4. The number of thiazole rings is 1. The Bertz CT molecular complexity index is 635. The molecule has 124 valence electrons. The van der Waals surface area contributed by atoms with Crippen LogP contribution in [-0.4, -0.2) is 22.7 Å². The van der Waals surface area contributed by atoms with E-state index >= 15 is 0 Å². The van der Waals surface area contributed by atoms with Crippen LogP contribution in [0.1, 0.15) is 32.0 Å². The smallest absolute Gasteiger partial charge is 0.230 e. The maximum atomic E-state index is 11.9. The minimum atomic E-state index is 0.102. The molecular weight excluding hydrogens is 324 g/mol. The van der Waals surface area contributed by atoms with E-state index in [0.717, 1.165) is 22.0 Å². The second-order valence-corrected chi connectivity index (χ2v) is 7.95. The molecule has 1 amide bonds. The van der Waals surface area contributed by atoms with E-state index in [1.807, 2.05) is 6.92 Å². The summed E-state index contributed by atoms with van der Waals surface area (Å²) < 4.78 is 0. The molecule has 1 atom stereocenters. The lowest BCUT2D eigenvalue weighted by Crippen LogP contribution is -2.37. The number of thioether (sulfide) groups is 1. The third kappa shape index (κ3) is 5.66. The molecule has 0 aliphatic heterocycles. The van der Waals surface area contributed by atoms with Gasteiger partial charge < -0.3 is 5.32 Å². The number of benzene rings is 1. The molecule has 5 heteroatoms. The summed E-state index contributed by atoms with van der Waals surface area (Å²) in [7, 11) is 0. The summed E-state index contributed by atoms with van der Waals surface area (Å²) in [5, 5.41) is 6.14. The highest BCUT2D eigenvalue weighted by Gasteiger charge is 2.11. The van der Waals surface area contributed by atoms with Gasteiger partial charge in [-0.2, -0.15) is 0 Å². The number of carbonyl (C=O) groups is 1. The van der Waals surface area contributed by atoms with Crippen molar-refractivity contribution < 1.29 is 4.79 Å². The van der Waals surface area contributed by atoms with Gasteiger partial charge in [0.2, 0.25) is 5.91 Å². The zero-order chi connectivity index (χ0) is 16.8. The van der Waals surface area contributed by atoms with Crippen LogP contribution in [0.5, 0.6) is 0 Å². The molecule has 1 aromatic heterocycles. The minimum absolute atomic E-state index is 0.102. The number of carbonyl (C=O) groups excluding carboxylic acids is 1. The van der Waals surface area contributed by atoms with Crippen molar-refractivity contribution in [3.63, 3.8) is 0 Å². The summed E-state index contributed by atoms with van der Waals surface area (Å²) in [4.78, 5) is 16.5. The second kappa shape index (κ2) is 8.50. The Morgan fingerprint density at radius 3 is 2.61 bits per heavy atom. The van der Waals surface area contributed by atoms with Gasteiger partial charge in [-0.1, -0.05) is 43.7 Å². The van der Waals surface area contributed by atoms with Gasteiger partial charge in [-0.05, 0) is 19.8 Å². The highest BCUT2D eigenvalue weighted by Crippen LogP contribution is 2.25. The van der Waals surface area contributed by atoms with Crippen LogP contribution >= 0.6 is 23.1 Å². The fourth-order valence-corrected chi connectivity index (χ4v) is 3.57. The summed E-state index contributed by atoms with van der Waals surface area (Å²) >= 11 is 3.27. The molecule has 2 aromatic rings. The highest BCUT2D eigenvalue weighted by molar-refractivity contribution is 7.99. The third-order valence-corrected chi connectivity index (χ3v) is 5.63. The first-order valence-corrected chi connectivity index (χ1v) is 9.87. The maximum absolute atomic E-state index is 11.9. The van der Waals surface area contributed by atoms with E-state index in [1.54, 1.807) is 23.1 Å². The van der Waals surface area contributed by atoms with E-state index in [1.165, 1.54) is 5.56 Å². The summed E-state index contributed by atoms with van der Waals surface area (Å²) in [6, 6.07) is 8.63. The molecule has 1 aromatic carbocycles. The van der Waals surface area contributed by atoms with E-state index in [4.69, 9.17) is 0 Å². The SMILES string of the molecule is Cc1ccc(-c2nc(CSCC(=O)NC(C)C(C)C)cs2)cc1. The molecule has 0 fully saturated rings. The first-order valence-electron chi connectivity index (χ1n) is 7.84. The predicted molar refractivity (Wildman–Crippen MR) is 101 cm³/mol. The second-order valence-electron chi connectivity index (χ2n) is 6.10. The van der Waals surface area contributed by atoms with Crippen molar-refractivity contribution in [3.05, 3.63) is 40.9 Å². The van der Waals surface area contributed by atoms with Gasteiger partial charge in [0.05, 0.1) is 11.4 Å². The van der Waals surface area contributed by atoms with Gasteiger partial charge in [-0.15, -0.1) is 23.1 Å². The summed E-state index contributed by atoms with van der Waals surface area (Å²) in [6.45, 7) is 8.35. The average Bonchev–Trinajstić information content (AvgIpc) is 2.96. The normalized spacial score (nSPS) is 12.4. The van der Waals surface area contributed by atoms with E-state index in [2.05, 4.69) is 60.7 Å². The van der Waals surface area contributed by atoms with Crippen LogP contribution in [0.3, 0.4) is 0 Å². The molecule has 0 spiro atoms. The monoisotopic (exact) mass is 348 g/mol. The Balaban J connectivity index is 1.81. The predicted octanol–water partition coefficient (Wildman–Crippen LogP) is 4.51. The number of nitrogens with one attached hydrogen (secondary N) is 1. The first kappa shape index (κ1) is 18.0. The van der Waals surface area contributed by atoms with Crippen molar-refractivity contribution in [2.75, 3.05) is 5.75 Å². The maximum Gasteiger partial charge on any atom is 0.230 e. The van der Waals surface area contributed by atoms with Crippen LogP contribution in [0, 0.1) is 12.8 Å². The van der Waals surface area contributed by atoms with Crippen LogP contribution in [0.25, 0.3) is 10.6 Å². The molecule has 1 N–H and O–H groups in total. The lowest BCUT2D eigenvalue weighted by Gasteiger charge is -2.17. The zero-order valence-corrected chi connectivity index (χ0v) is 15.8. The van der Waals surface area contributed by atoms with E-state index < -0.39 is 0 Å². The number of aryl methyl sites for hydroxylation is 1. The fourth-order valence-electron chi connectivity index (χ4n) is 1.91. The quantitative estimate of drug-likeness (QED) is 0.800. The van der Waals surface area contributed by atoms with Gasteiger partial charge in [0, 0.05) is 22.7 Å². The van der Waals surface area contributed by atoms with Crippen LogP contribution in [-0.2, 0) is 10.5 Å². The zero-order valence-electron chi connectivity index (χ0n) is 14.1. The lowest BCUT2D eigenvalue weighted by atomic mass is 10.1. The van der Waals surface area contributed by atoms with Crippen LogP contribution < -0.4 is 5.32 Å². The summed E-state index contributed by atoms with van der Waals surface area (Å²) in [5.74, 6) is 1.81. The standard InChI is InChI=1S/C18H24N2OS2/c1-12(2)14(4)19-17(21)11-22-9-16-10-23-18(20-16)15-7-5-13(3)6-8-15/h5-8,10,12,14H,9,11H2,1-4H3,(H,19,21). The van der Waals surface area contributed by atoms with Crippen molar-refractivity contribution in [2.24, 2.45) is 5.92 Å². The largest absolute Gasteiger partial charge is 0.353 e. The van der Waals surface area contributed by atoms with Gasteiger partial charge in [0.15, 0.2) is 0 Å². The number of hydrogen-bond donors (Lipinski definition) is 1. The van der Waals surface area contributed by atoms with Gasteiger partial charge in [0.25, 0.3) is 0 Å². The highest BCUT2D eigenvalue weighted by atomic mass is 32.2. The molecule has 0 saturated heterocycles. The molecule has 0 bridgehead atoms. The van der Waals surface area contributed by atoms with E-state index in [0.29, 0.717) is 11.7 Å². The molecule has 0 aliphatic rings. The van der Waals surface area contributed by atoms with Crippen molar-refractivity contribution in [1.29, 1.82) is 0 Å². The Morgan fingerprint density at radius 2 is 1.96 bits per heavy atom. The van der Waals surface area contributed by atoms with Crippen LogP contribution in [0.15, 0.2) is 29.6 Å². The molecular formula is C18H24N2OS2. The van der Waals surface area contributed by atoms with E-state index in [9.17, 15) is 4.79 Å². The Hall–Kier alpha value is -1.33. The molecule has 0 radical (unpaired) electrons. The topological polar surface area (TPSA) is 42.0 Å². The van der Waals surface area contributed by atoms with Crippen molar-refractivity contribution in [3.8, 4) is 10.6 Å². The van der Waals surface area contributed by atoms with Gasteiger partial charge >= 0.3 is 0 Å². The average molecular weight is 349 g/mol. The van der Waals surface area contributed by atoms with E-state index in [-0.39, 0.29) is 11.9 Å². The molecule has 1 heterocycles. The van der Waals surface area contributed by atoms with Crippen LogP contribution in [0.2, 0.25) is 0 Å². The summed E-state index contributed by atoms with van der Waals surface area (Å²) in [6.07, 6.45) is 0. The number of nitrogens with zero attached hydrogens (tertiary/aromatic N) is 1. The Kier molecular flexibility index (Phi) is 6.66. The molecule has 2 rings (SSSR count). The molecule has 0 aliphatic carbocycles. The fraction of sp³-hybridized carbons (Fsp3) is 0.444. The van der Waals surface area contributed by atoms with Gasteiger partial charge in [0.1, 0.15) is 5.01 Å². The molecule has 1 unspecified atom stereocenters. The first-order chi connectivity index (χ1) is 11.0. The minimum Gasteiger partial charge on any atom is -0.353 e. The Morgan fingerprint density at radius 1 is 1.26 bits per heavy atom. The van der Waals surface area contributed by atoms with Crippen LogP contribution in [0.4, 0.5) is 0 Å². The summed E-state index contributed by atoms with van der Waals surface area (Å²) in [5.41, 5.74) is 3.45. The Labute approximate surface area is 146 Å². The van der Waals surface area contributed by atoms with Crippen molar-refractivity contribution in [2.45, 2.75) is 39.5 Å².